The van der Waals surface area contributed by atoms with Crippen LogP contribution in [-0.4, -0.2) is 37.0 Å². The average Bonchev–Trinajstić information content (AvgIpc) is 3.05. The first-order chi connectivity index (χ1) is 10.2. The fraction of sp³-hybridized carbons (Fsp3) is 0.588. The van der Waals surface area contributed by atoms with Gasteiger partial charge in [-0.15, -0.1) is 0 Å². The first-order valence-corrected chi connectivity index (χ1v) is 8.70. The number of hydrogen-bond acceptors (Lipinski definition) is 2. The number of carbonyl (C=O) groups is 1. The van der Waals surface area contributed by atoms with Crippen molar-refractivity contribution in [3.8, 4) is 0 Å². The average molecular weight is 351 g/mol. The van der Waals surface area contributed by atoms with E-state index in [1.165, 1.54) is 5.56 Å². The number of amides is 1. The van der Waals surface area contributed by atoms with Gasteiger partial charge in [0.1, 0.15) is 0 Å². The molecule has 2 heterocycles. The molecule has 1 aromatic rings. The highest BCUT2D eigenvalue weighted by Gasteiger charge is 2.39. The number of halogens is 1. The molecule has 2 aliphatic rings. The van der Waals surface area contributed by atoms with E-state index in [2.05, 4.69) is 45.2 Å². The predicted molar refractivity (Wildman–Crippen MR) is 88.1 cm³/mol. The summed E-state index contributed by atoms with van der Waals surface area (Å²) in [5.41, 5.74) is 1.24. The Morgan fingerprint density at radius 3 is 2.71 bits per heavy atom. The van der Waals surface area contributed by atoms with Crippen LogP contribution in [0, 0.1) is 17.8 Å². The highest BCUT2D eigenvalue weighted by atomic mass is 79.9. The lowest BCUT2D eigenvalue weighted by Crippen LogP contribution is -2.37. The third-order valence-corrected chi connectivity index (χ3v) is 5.41. The molecule has 114 valence electrons. The molecule has 1 aromatic carbocycles. The Balaban J connectivity index is 1.64. The van der Waals surface area contributed by atoms with E-state index >= 15 is 0 Å². The quantitative estimate of drug-likeness (QED) is 0.905. The lowest BCUT2D eigenvalue weighted by atomic mass is 9.95. The van der Waals surface area contributed by atoms with Gasteiger partial charge in [-0.25, -0.2) is 0 Å². The van der Waals surface area contributed by atoms with Crippen molar-refractivity contribution in [3.63, 3.8) is 0 Å². The van der Waals surface area contributed by atoms with Crippen molar-refractivity contribution in [2.45, 2.75) is 19.8 Å². The molecule has 0 saturated carbocycles. The van der Waals surface area contributed by atoms with Crippen LogP contribution in [0.25, 0.3) is 0 Å². The first-order valence-electron chi connectivity index (χ1n) is 7.91. The molecule has 2 saturated heterocycles. The van der Waals surface area contributed by atoms with Gasteiger partial charge >= 0.3 is 0 Å². The van der Waals surface area contributed by atoms with Gasteiger partial charge in [-0.2, -0.15) is 0 Å². The molecule has 3 atom stereocenters. The normalized spacial score (nSPS) is 25.9. The molecule has 1 N–H and O–H groups in total. The minimum absolute atomic E-state index is 0.117. The Bertz CT molecular complexity index is 507. The maximum absolute atomic E-state index is 12.8. The number of benzene rings is 1. The summed E-state index contributed by atoms with van der Waals surface area (Å²) in [7, 11) is 0. The molecule has 1 amide bonds. The summed E-state index contributed by atoms with van der Waals surface area (Å²) in [6.45, 7) is 6.18. The first kappa shape index (κ1) is 15.0. The number of likely N-dealkylation sites (tertiary alicyclic amines) is 1. The van der Waals surface area contributed by atoms with Crippen LogP contribution in [0.2, 0.25) is 0 Å². The topological polar surface area (TPSA) is 32.3 Å². The number of carbonyl (C=O) groups excluding carboxylic acids is 1. The zero-order valence-electron chi connectivity index (χ0n) is 12.5. The van der Waals surface area contributed by atoms with Gasteiger partial charge in [0, 0.05) is 36.6 Å². The van der Waals surface area contributed by atoms with Crippen molar-refractivity contribution in [2.75, 3.05) is 26.2 Å². The van der Waals surface area contributed by atoms with Gasteiger partial charge in [-0.3, -0.25) is 4.79 Å². The number of fused-ring (bicyclic) bond motifs is 1. The smallest absolute Gasteiger partial charge is 0.226 e. The molecule has 0 spiro atoms. The molecule has 0 aliphatic carbocycles. The van der Waals surface area contributed by atoms with E-state index in [9.17, 15) is 4.79 Å². The molecule has 2 fully saturated rings. The Hall–Kier alpha value is -0.870. The largest absolute Gasteiger partial charge is 0.342 e. The molecule has 0 bridgehead atoms. The third kappa shape index (κ3) is 3.32. The summed E-state index contributed by atoms with van der Waals surface area (Å²) in [6, 6.07) is 8.31. The molecule has 1 unspecified atom stereocenters. The predicted octanol–water partition coefficient (Wildman–Crippen LogP) is 2.70. The third-order valence-electron chi connectivity index (χ3n) is 4.91. The molecule has 0 radical (unpaired) electrons. The lowest BCUT2D eigenvalue weighted by molar-refractivity contribution is -0.134. The van der Waals surface area contributed by atoms with Crippen LogP contribution in [0.1, 0.15) is 18.9 Å². The summed E-state index contributed by atoms with van der Waals surface area (Å²) in [4.78, 5) is 14.9. The summed E-state index contributed by atoms with van der Waals surface area (Å²) in [6.07, 6.45) is 1.76. The van der Waals surface area contributed by atoms with Crippen LogP contribution in [0.4, 0.5) is 0 Å². The van der Waals surface area contributed by atoms with Gasteiger partial charge in [0.25, 0.3) is 0 Å². The van der Waals surface area contributed by atoms with Gasteiger partial charge in [-0.05, 0) is 42.4 Å². The van der Waals surface area contributed by atoms with E-state index in [-0.39, 0.29) is 5.92 Å². The zero-order chi connectivity index (χ0) is 14.8. The zero-order valence-corrected chi connectivity index (χ0v) is 14.1. The fourth-order valence-electron chi connectivity index (χ4n) is 3.65. The van der Waals surface area contributed by atoms with E-state index in [0.29, 0.717) is 17.7 Å². The molecular weight excluding hydrogens is 328 g/mol. The summed E-state index contributed by atoms with van der Waals surface area (Å²) in [5.74, 6) is 1.83. The Labute approximate surface area is 135 Å². The van der Waals surface area contributed by atoms with Crippen molar-refractivity contribution in [1.82, 2.24) is 10.2 Å². The van der Waals surface area contributed by atoms with Crippen molar-refractivity contribution in [2.24, 2.45) is 17.8 Å². The van der Waals surface area contributed by atoms with Crippen molar-refractivity contribution in [1.29, 1.82) is 0 Å². The van der Waals surface area contributed by atoms with Crippen molar-refractivity contribution < 1.29 is 4.79 Å². The van der Waals surface area contributed by atoms with E-state index in [0.717, 1.165) is 43.5 Å². The number of hydrogen-bond donors (Lipinski definition) is 1. The summed E-state index contributed by atoms with van der Waals surface area (Å²) in [5, 5.41) is 3.43. The lowest BCUT2D eigenvalue weighted by Gasteiger charge is -2.23. The molecule has 4 heteroatoms. The number of nitrogens with zero attached hydrogens (tertiary/aromatic N) is 1. The van der Waals surface area contributed by atoms with Gasteiger partial charge in [0.15, 0.2) is 0 Å². The Morgan fingerprint density at radius 2 is 2.10 bits per heavy atom. The second kappa shape index (κ2) is 6.49. The highest BCUT2D eigenvalue weighted by Crippen LogP contribution is 2.28. The Morgan fingerprint density at radius 1 is 1.38 bits per heavy atom. The summed E-state index contributed by atoms with van der Waals surface area (Å²) >= 11 is 3.51. The van der Waals surface area contributed by atoms with Gasteiger partial charge in [-0.1, -0.05) is 35.0 Å². The van der Waals surface area contributed by atoms with Gasteiger partial charge in [0.2, 0.25) is 5.91 Å². The number of rotatable bonds is 4. The molecule has 3 rings (SSSR count). The second-order valence-corrected chi connectivity index (χ2v) is 7.28. The summed E-state index contributed by atoms with van der Waals surface area (Å²) < 4.78 is 1.09. The van der Waals surface area contributed by atoms with Crippen LogP contribution >= 0.6 is 15.9 Å². The fourth-order valence-corrected chi connectivity index (χ4v) is 4.09. The van der Waals surface area contributed by atoms with Crippen LogP contribution in [0.3, 0.4) is 0 Å². The standard InChI is InChI=1S/C17H23BrN2O/c1-2-13(6-12-4-3-5-16(18)7-12)17(21)20-10-14-8-19-9-15(14)11-20/h3-5,7,13-15,19H,2,6,8-11H2,1H3/t13?,14-,15+. The Kier molecular flexibility index (Phi) is 4.65. The highest BCUT2D eigenvalue weighted by molar-refractivity contribution is 9.10. The molecular formula is C17H23BrN2O. The van der Waals surface area contributed by atoms with E-state index < -0.39 is 0 Å². The van der Waals surface area contributed by atoms with Crippen molar-refractivity contribution >= 4 is 21.8 Å². The minimum atomic E-state index is 0.117. The van der Waals surface area contributed by atoms with E-state index in [1.54, 1.807) is 0 Å². The van der Waals surface area contributed by atoms with Crippen LogP contribution in [-0.2, 0) is 11.2 Å². The molecule has 21 heavy (non-hydrogen) atoms. The van der Waals surface area contributed by atoms with Gasteiger partial charge in [0.05, 0.1) is 0 Å². The molecule has 0 aromatic heterocycles. The minimum Gasteiger partial charge on any atom is -0.342 e. The van der Waals surface area contributed by atoms with E-state index in [4.69, 9.17) is 0 Å². The molecule has 3 nitrogen and oxygen atoms in total. The van der Waals surface area contributed by atoms with Crippen LogP contribution < -0.4 is 5.32 Å². The SMILES string of the molecule is CCC(Cc1cccc(Br)c1)C(=O)N1C[C@H]2CNC[C@H]2C1. The van der Waals surface area contributed by atoms with Crippen LogP contribution in [0.15, 0.2) is 28.7 Å². The second-order valence-electron chi connectivity index (χ2n) is 6.36. The van der Waals surface area contributed by atoms with E-state index in [1.807, 2.05) is 12.1 Å². The van der Waals surface area contributed by atoms with Crippen molar-refractivity contribution in [3.05, 3.63) is 34.3 Å². The van der Waals surface area contributed by atoms with Crippen LogP contribution in [0.5, 0.6) is 0 Å². The maximum Gasteiger partial charge on any atom is 0.226 e. The molecule has 2 aliphatic heterocycles. The number of nitrogens with one attached hydrogen (secondary N) is 1. The monoisotopic (exact) mass is 350 g/mol. The van der Waals surface area contributed by atoms with Gasteiger partial charge < -0.3 is 10.2 Å². The maximum atomic E-state index is 12.8.